The number of ether oxygens (including phenoxy) is 1. The lowest BCUT2D eigenvalue weighted by molar-refractivity contribution is 0.102. The molecule has 0 fully saturated rings. The van der Waals surface area contributed by atoms with Gasteiger partial charge in [0.2, 0.25) is 5.89 Å². The van der Waals surface area contributed by atoms with E-state index in [1.807, 2.05) is 12.1 Å². The second-order valence-corrected chi connectivity index (χ2v) is 6.60. The van der Waals surface area contributed by atoms with E-state index in [-0.39, 0.29) is 11.8 Å². The quantitative estimate of drug-likeness (QED) is 0.469. The number of amides is 1. The fourth-order valence-electron chi connectivity index (χ4n) is 2.66. The first kappa shape index (κ1) is 18.0. The average molecular weight is 440 g/mol. The summed E-state index contributed by atoms with van der Waals surface area (Å²) >= 11 is 3.38. The van der Waals surface area contributed by atoms with Gasteiger partial charge in [-0.15, -0.1) is 10.2 Å². The number of rotatable bonds is 5. The number of carbonyl (C=O) groups is 1. The lowest BCUT2D eigenvalue weighted by Crippen LogP contribution is -2.13. The monoisotopic (exact) mass is 439 g/mol. The summed E-state index contributed by atoms with van der Waals surface area (Å²) in [5.41, 5.74) is 1.67. The van der Waals surface area contributed by atoms with Crippen LogP contribution in [0.3, 0.4) is 0 Å². The summed E-state index contributed by atoms with van der Waals surface area (Å²) in [5, 5.41) is 10.9. The molecule has 2 aromatic carbocycles. The third kappa shape index (κ3) is 3.54. The normalized spacial score (nSPS) is 10.6. The number of carbonyl (C=O) groups excluding carboxylic acids is 1. The van der Waals surface area contributed by atoms with Crippen LogP contribution in [0.5, 0.6) is 5.75 Å². The first-order chi connectivity index (χ1) is 13.7. The minimum Gasteiger partial charge on any atom is -0.495 e. The molecule has 0 saturated carbocycles. The lowest BCUT2D eigenvalue weighted by atomic mass is 10.1. The predicted octanol–water partition coefficient (Wildman–Crippen LogP) is 5.02. The molecule has 0 radical (unpaired) electrons. The number of nitrogens with one attached hydrogen (secondary N) is 1. The molecule has 4 rings (SSSR count). The second-order valence-electron chi connectivity index (χ2n) is 5.75. The van der Waals surface area contributed by atoms with Crippen molar-refractivity contribution in [2.45, 2.75) is 0 Å². The standard InChI is InChI=1S/C20H14BrN3O4/c1-26-17-14(7-3-8-15(17)21)18(25)22-13-6-2-5-12(11-13)19-23-24-20(28-19)16-9-4-10-27-16/h2-11H,1H3,(H,22,25). The average Bonchev–Trinajstić information content (AvgIpc) is 3.39. The van der Waals surface area contributed by atoms with E-state index in [2.05, 4.69) is 31.4 Å². The number of hydrogen-bond acceptors (Lipinski definition) is 6. The molecular weight excluding hydrogens is 426 g/mol. The lowest BCUT2D eigenvalue weighted by Gasteiger charge is -2.11. The van der Waals surface area contributed by atoms with Gasteiger partial charge in [0, 0.05) is 11.3 Å². The smallest absolute Gasteiger partial charge is 0.283 e. The molecule has 0 unspecified atom stereocenters. The van der Waals surface area contributed by atoms with Gasteiger partial charge in [0.05, 0.1) is 23.4 Å². The van der Waals surface area contributed by atoms with E-state index in [0.717, 1.165) is 0 Å². The van der Waals surface area contributed by atoms with Crippen molar-refractivity contribution in [1.29, 1.82) is 0 Å². The van der Waals surface area contributed by atoms with Crippen molar-refractivity contribution in [1.82, 2.24) is 10.2 Å². The number of halogens is 1. The summed E-state index contributed by atoms with van der Waals surface area (Å²) in [6, 6.07) is 15.9. The van der Waals surface area contributed by atoms with Crippen molar-refractivity contribution >= 4 is 27.5 Å². The maximum Gasteiger partial charge on any atom is 0.283 e. The van der Waals surface area contributed by atoms with Crippen LogP contribution in [0.2, 0.25) is 0 Å². The third-order valence-electron chi connectivity index (χ3n) is 3.94. The number of aromatic nitrogens is 2. The molecular formula is C20H14BrN3O4. The summed E-state index contributed by atoms with van der Waals surface area (Å²) in [6.45, 7) is 0. The zero-order chi connectivity index (χ0) is 19.5. The van der Waals surface area contributed by atoms with Crippen LogP contribution < -0.4 is 10.1 Å². The molecule has 0 bridgehead atoms. The van der Waals surface area contributed by atoms with E-state index >= 15 is 0 Å². The van der Waals surface area contributed by atoms with Gasteiger partial charge < -0.3 is 18.9 Å². The highest BCUT2D eigenvalue weighted by Gasteiger charge is 2.16. The zero-order valence-electron chi connectivity index (χ0n) is 14.7. The molecule has 7 nitrogen and oxygen atoms in total. The number of benzene rings is 2. The number of nitrogens with zero attached hydrogens (tertiary/aromatic N) is 2. The van der Waals surface area contributed by atoms with Crippen LogP contribution in [0.1, 0.15) is 10.4 Å². The molecule has 8 heteroatoms. The largest absolute Gasteiger partial charge is 0.495 e. The minimum atomic E-state index is -0.294. The van der Waals surface area contributed by atoms with Crippen molar-refractivity contribution < 1.29 is 18.4 Å². The van der Waals surface area contributed by atoms with E-state index in [4.69, 9.17) is 13.6 Å². The summed E-state index contributed by atoms with van der Waals surface area (Å²) in [4.78, 5) is 12.7. The molecule has 0 spiro atoms. The molecule has 1 N–H and O–H groups in total. The third-order valence-corrected chi connectivity index (χ3v) is 4.56. The maximum atomic E-state index is 12.7. The molecule has 0 aliphatic rings. The summed E-state index contributed by atoms with van der Waals surface area (Å²) in [6.07, 6.45) is 1.53. The highest BCUT2D eigenvalue weighted by atomic mass is 79.9. The van der Waals surface area contributed by atoms with Crippen LogP contribution in [0.25, 0.3) is 23.1 Å². The Hall–Kier alpha value is -3.39. The maximum absolute atomic E-state index is 12.7. The topological polar surface area (TPSA) is 90.4 Å². The van der Waals surface area contributed by atoms with Gasteiger partial charge in [-0.3, -0.25) is 4.79 Å². The van der Waals surface area contributed by atoms with Gasteiger partial charge in [-0.2, -0.15) is 0 Å². The molecule has 0 atom stereocenters. The number of hydrogen-bond donors (Lipinski definition) is 1. The fraction of sp³-hybridized carbons (Fsp3) is 0.0500. The minimum absolute atomic E-state index is 0.285. The van der Waals surface area contributed by atoms with Crippen LogP contribution in [0.15, 0.2) is 74.2 Å². The van der Waals surface area contributed by atoms with E-state index in [9.17, 15) is 4.79 Å². The molecule has 140 valence electrons. The number of para-hydroxylation sites is 1. The van der Waals surface area contributed by atoms with Gasteiger partial charge in [-0.25, -0.2) is 0 Å². The predicted molar refractivity (Wildman–Crippen MR) is 106 cm³/mol. The van der Waals surface area contributed by atoms with Crippen LogP contribution in [-0.2, 0) is 0 Å². The van der Waals surface area contributed by atoms with Gasteiger partial charge in [0.15, 0.2) is 5.76 Å². The molecule has 4 aromatic rings. The fourth-order valence-corrected chi connectivity index (χ4v) is 3.19. The number of furan rings is 1. The van der Waals surface area contributed by atoms with Gasteiger partial charge in [-0.1, -0.05) is 12.1 Å². The van der Waals surface area contributed by atoms with Crippen molar-refractivity contribution in [2.24, 2.45) is 0 Å². The zero-order valence-corrected chi connectivity index (χ0v) is 16.3. The van der Waals surface area contributed by atoms with Gasteiger partial charge >= 0.3 is 0 Å². The number of methoxy groups -OCH3 is 1. The number of anilines is 1. The molecule has 0 aliphatic heterocycles. The van der Waals surface area contributed by atoms with Crippen LogP contribution in [-0.4, -0.2) is 23.2 Å². The van der Waals surface area contributed by atoms with Crippen molar-refractivity contribution in [3.05, 3.63) is 70.9 Å². The molecule has 0 aliphatic carbocycles. The van der Waals surface area contributed by atoms with Crippen molar-refractivity contribution in [3.8, 4) is 28.9 Å². The Balaban J connectivity index is 1.58. The second kappa shape index (κ2) is 7.69. The SMILES string of the molecule is COc1c(Br)cccc1C(=O)Nc1cccc(-c2nnc(-c3ccco3)o2)c1. The van der Waals surface area contributed by atoms with E-state index in [1.54, 1.807) is 42.5 Å². The van der Waals surface area contributed by atoms with E-state index in [1.165, 1.54) is 13.4 Å². The summed E-state index contributed by atoms with van der Waals surface area (Å²) in [5.74, 6) is 1.27. The molecule has 0 saturated heterocycles. The van der Waals surface area contributed by atoms with Crippen molar-refractivity contribution in [3.63, 3.8) is 0 Å². The molecule has 2 heterocycles. The van der Waals surface area contributed by atoms with Gasteiger partial charge in [0.25, 0.3) is 11.8 Å². The van der Waals surface area contributed by atoms with Gasteiger partial charge in [-0.05, 0) is 58.4 Å². The molecule has 28 heavy (non-hydrogen) atoms. The first-order valence-electron chi connectivity index (χ1n) is 8.27. The van der Waals surface area contributed by atoms with Crippen LogP contribution in [0.4, 0.5) is 5.69 Å². The van der Waals surface area contributed by atoms with Crippen LogP contribution >= 0.6 is 15.9 Å². The Bertz CT molecular complexity index is 1120. The summed E-state index contributed by atoms with van der Waals surface area (Å²) in [7, 11) is 1.52. The Morgan fingerprint density at radius 3 is 2.68 bits per heavy atom. The van der Waals surface area contributed by atoms with Crippen molar-refractivity contribution in [2.75, 3.05) is 12.4 Å². The Morgan fingerprint density at radius 2 is 1.89 bits per heavy atom. The first-order valence-corrected chi connectivity index (χ1v) is 9.06. The highest BCUT2D eigenvalue weighted by molar-refractivity contribution is 9.10. The highest BCUT2D eigenvalue weighted by Crippen LogP contribution is 2.30. The summed E-state index contributed by atoms with van der Waals surface area (Å²) < 4.78 is 16.9. The van der Waals surface area contributed by atoms with Gasteiger partial charge in [0.1, 0.15) is 5.75 Å². The van der Waals surface area contributed by atoms with E-state index in [0.29, 0.717) is 38.7 Å². The molecule has 1 amide bonds. The Morgan fingerprint density at radius 1 is 1.07 bits per heavy atom. The molecule has 2 aromatic heterocycles. The Labute approximate surface area is 168 Å². The van der Waals surface area contributed by atoms with E-state index < -0.39 is 0 Å². The Kier molecular flexibility index (Phi) is 4.94. The van der Waals surface area contributed by atoms with Crippen LogP contribution in [0, 0.1) is 0 Å².